The maximum absolute atomic E-state index is 12.2. The number of non-ortho nitro benzene ring substituents is 1. The molecule has 0 aliphatic carbocycles. The highest BCUT2D eigenvalue weighted by atomic mass is 35.5. The molecule has 0 fully saturated rings. The van der Waals surface area contributed by atoms with E-state index in [9.17, 15) is 19.7 Å². The minimum absolute atomic E-state index is 0.0639. The van der Waals surface area contributed by atoms with Gasteiger partial charge in [0.1, 0.15) is 5.75 Å². The number of hydrogen-bond donors (Lipinski definition) is 2. The van der Waals surface area contributed by atoms with E-state index in [1.165, 1.54) is 25.3 Å². The van der Waals surface area contributed by atoms with Gasteiger partial charge in [-0.3, -0.25) is 24.6 Å². The van der Waals surface area contributed by atoms with Crippen LogP contribution in [0, 0.1) is 10.1 Å². The molecular weight excluding hydrogens is 435 g/mol. The predicted octanol–water partition coefficient (Wildman–Crippen LogP) is 3.81. The van der Waals surface area contributed by atoms with Crippen molar-refractivity contribution in [3.63, 3.8) is 0 Å². The second-order valence-electron chi connectivity index (χ2n) is 6.35. The van der Waals surface area contributed by atoms with Crippen LogP contribution in [0.15, 0.2) is 36.4 Å². The van der Waals surface area contributed by atoms with Crippen molar-refractivity contribution in [1.82, 2.24) is 4.90 Å². The summed E-state index contributed by atoms with van der Waals surface area (Å²) >= 11 is 11.8. The number of carbonyl (C=O) groups is 2. The molecule has 0 aliphatic rings. The normalized spacial score (nSPS) is 10.6. The summed E-state index contributed by atoms with van der Waals surface area (Å²) in [4.78, 5) is 36.3. The molecule has 11 heteroatoms. The quantitative estimate of drug-likeness (QED) is 0.439. The molecule has 2 aromatic carbocycles. The van der Waals surface area contributed by atoms with Gasteiger partial charge in [-0.2, -0.15) is 0 Å². The van der Waals surface area contributed by atoms with Gasteiger partial charge < -0.3 is 15.4 Å². The van der Waals surface area contributed by atoms with Crippen molar-refractivity contribution in [1.29, 1.82) is 0 Å². The maximum Gasteiger partial charge on any atom is 0.273 e. The Kier molecular flexibility index (Phi) is 8.40. The van der Waals surface area contributed by atoms with Crippen LogP contribution < -0.4 is 15.4 Å². The lowest BCUT2D eigenvalue weighted by Gasteiger charge is -2.16. The molecule has 2 N–H and O–H groups in total. The molecule has 2 amide bonds. The maximum atomic E-state index is 12.2. The molecule has 0 bridgehead atoms. The monoisotopic (exact) mass is 454 g/mol. The third-order valence-electron chi connectivity index (χ3n) is 4.01. The number of methoxy groups -OCH3 is 1. The SMILES string of the molecule is COc1cc([N+](=O)[O-])ccc1NC(=O)CCN(C)CC(=O)Nc1ccc(Cl)c(Cl)c1. The van der Waals surface area contributed by atoms with E-state index < -0.39 is 4.92 Å². The van der Waals surface area contributed by atoms with Crippen molar-refractivity contribution in [2.24, 2.45) is 0 Å². The first kappa shape index (κ1) is 23.4. The summed E-state index contributed by atoms with van der Waals surface area (Å²) in [7, 11) is 3.06. The van der Waals surface area contributed by atoms with E-state index in [0.29, 0.717) is 28.0 Å². The smallest absolute Gasteiger partial charge is 0.273 e. The number of halogens is 2. The van der Waals surface area contributed by atoms with E-state index in [0.717, 1.165) is 0 Å². The molecule has 0 spiro atoms. The van der Waals surface area contributed by atoms with Gasteiger partial charge >= 0.3 is 0 Å². The van der Waals surface area contributed by atoms with Gasteiger partial charge in [-0.25, -0.2) is 0 Å². The number of likely N-dealkylation sites (N-methyl/N-ethyl adjacent to an activating group) is 1. The zero-order valence-electron chi connectivity index (χ0n) is 16.3. The van der Waals surface area contributed by atoms with Gasteiger partial charge in [0.25, 0.3) is 5.69 Å². The Labute approximate surface area is 183 Å². The zero-order valence-corrected chi connectivity index (χ0v) is 17.8. The summed E-state index contributed by atoms with van der Waals surface area (Å²) in [6, 6.07) is 8.68. The van der Waals surface area contributed by atoms with Crippen molar-refractivity contribution < 1.29 is 19.2 Å². The van der Waals surface area contributed by atoms with Crippen molar-refractivity contribution in [3.05, 3.63) is 56.6 Å². The number of rotatable bonds is 9. The average molecular weight is 455 g/mol. The zero-order chi connectivity index (χ0) is 22.3. The summed E-state index contributed by atoms with van der Waals surface area (Å²) in [6.07, 6.45) is 0.108. The lowest BCUT2D eigenvalue weighted by molar-refractivity contribution is -0.384. The molecule has 2 aromatic rings. The molecule has 160 valence electrons. The van der Waals surface area contributed by atoms with Crippen LogP contribution in [0.3, 0.4) is 0 Å². The predicted molar refractivity (Wildman–Crippen MR) is 115 cm³/mol. The van der Waals surface area contributed by atoms with E-state index >= 15 is 0 Å². The van der Waals surface area contributed by atoms with Gasteiger partial charge in [0.2, 0.25) is 11.8 Å². The minimum Gasteiger partial charge on any atom is -0.494 e. The lowest BCUT2D eigenvalue weighted by atomic mass is 10.2. The Bertz CT molecular complexity index is 955. The number of nitrogens with one attached hydrogen (secondary N) is 2. The summed E-state index contributed by atoms with van der Waals surface area (Å²) in [6.45, 7) is 0.379. The van der Waals surface area contributed by atoms with Crippen LogP contribution in [0.4, 0.5) is 17.1 Å². The molecule has 0 aromatic heterocycles. The molecule has 9 nitrogen and oxygen atoms in total. The number of carbonyl (C=O) groups excluding carboxylic acids is 2. The fraction of sp³-hybridized carbons (Fsp3) is 0.263. The first-order chi connectivity index (χ1) is 14.2. The standard InChI is InChI=1S/C19H20Cl2N4O5/c1-24(11-19(27)22-12-3-5-14(20)15(21)9-12)8-7-18(26)23-16-6-4-13(25(28)29)10-17(16)30-2/h3-6,9-10H,7-8,11H2,1-2H3,(H,22,27)(H,23,26). The third-order valence-corrected chi connectivity index (χ3v) is 4.75. The fourth-order valence-electron chi connectivity index (χ4n) is 2.50. The summed E-state index contributed by atoms with van der Waals surface area (Å²) in [5.74, 6) is -0.404. The Balaban J connectivity index is 1.83. The number of ether oxygens (including phenoxy) is 1. The Morgan fingerprint density at radius 3 is 2.47 bits per heavy atom. The van der Waals surface area contributed by atoms with Crippen LogP contribution in [0.25, 0.3) is 0 Å². The third kappa shape index (κ3) is 6.87. The van der Waals surface area contributed by atoms with Gasteiger partial charge in [-0.15, -0.1) is 0 Å². The van der Waals surface area contributed by atoms with Crippen molar-refractivity contribution >= 4 is 52.1 Å². The van der Waals surface area contributed by atoms with Crippen LogP contribution in [-0.2, 0) is 9.59 Å². The number of benzene rings is 2. The second-order valence-corrected chi connectivity index (χ2v) is 7.17. The topological polar surface area (TPSA) is 114 Å². The number of nitro groups is 1. The lowest BCUT2D eigenvalue weighted by Crippen LogP contribution is -2.32. The van der Waals surface area contributed by atoms with Gasteiger partial charge in [0, 0.05) is 24.7 Å². The molecule has 0 radical (unpaired) electrons. The molecule has 30 heavy (non-hydrogen) atoms. The van der Waals surface area contributed by atoms with E-state index in [4.69, 9.17) is 27.9 Å². The summed E-state index contributed by atoms with van der Waals surface area (Å²) in [5.41, 5.74) is 0.705. The number of hydrogen-bond acceptors (Lipinski definition) is 6. The molecule has 0 atom stereocenters. The molecule has 0 saturated heterocycles. The van der Waals surface area contributed by atoms with E-state index in [-0.39, 0.29) is 36.2 Å². The second kappa shape index (κ2) is 10.8. The first-order valence-electron chi connectivity index (χ1n) is 8.75. The van der Waals surface area contributed by atoms with Gasteiger partial charge in [-0.05, 0) is 31.3 Å². The molecule has 0 aliphatic heterocycles. The number of anilines is 2. The highest BCUT2D eigenvalue weighted by molar-refractivity contribution is 6.42. The highest BCUT2D eigenvalue weighted by Gasteiger charge is 2.14. The molecule has 0 unspecified atom stereocenters. The fourth-order valence-corrected chi connectivity index (χ4v) is 2.80. The Morgan fingerprint density at radius 2 is 1.83 bits per heavy atom. The van der Waals surface area contributed by atoms with Crippen LogP contribution in [-0.4, -0.2) is 48.9 Å². The molecule has 0 heterocycles. The van der Waals surface area contributed by atoms with Gasteiger partial charge in [0.05, 0.1) is 40.4 Å². The van der Waals surface area contributed by atoms with Crippen molar-refractivity contribution in [3.8, 4) is 5.75 Å². The van der Waals surface area contributed by atoms with Gasteiger partial charge in [0.15, 0.2) is 0 Å². The van der Waals surface area contributed by atoms with E-state index in [1.807, 2.05) is 0 Å². The Hall–Kier alpha value is -2.88. The largest absolute Gasteiger partial charge is 0.494 e. The summed E-state index contributed by atoms with van der Waals surface area (Å²) in [5, 5.41) is 16.9. The van der Waals surface area contributed by atoms with Crippen molar-refractivity contribution in [2.45, 2.75) is 6.42 Å². The first-order valence-corrected chi connectivity index (χ1v) is 9.51. The summed E-state index contributed by atoms with van der Waals surface area (Å²) < 4.78 is 5.09. The van der Waals surface area contributed by atoms with Crippen LogP contribution in [0.2, 0.25) is 10.0 Å². The van der Waals surface area contributed by atoms with Crippen LogP contribution >= 0.6 is 23.2 Å². The van der Waals surface area contributed by atoms with E-state index in [2.05, 4.69) is 10.6 Å². The van der Waals surface area contributed by atoms with Crippen LogP contribution in [0.1, 0.15) is 6.42 Å². The van der Waals surface area contributed by atoms with Gasteiger partial charge in [-0.1, -0.05) is 23.2 Å². The average Bonchev–Trinajstić information content (AvgIpc) is 2.69. The van der Waals surface area contributed by atoms with Crippen molar-refractivity contribution in [2.75, 3.05) is 37.9 Å². The number of amides is 2. The number of nitro benzene ring substituents is 1. The number of nitrogens with zero attached hydrogens (tertiary/aromatic N) is 2. The molecular formula is C19H20Cl2N4O5. The minimum atomic E-state index is -0.549. The molecule has 2 rings (SSSR count). The van der Waals surface area contributed by atoms with E-state index in [1.54, 1.807) is 30.1 Å². The van der Waals surface area contributed by atoms with Crippen LogP contribution in [0.5, 0.6) is 5.75 Å². The highest BCUT2D eigenvalue weighted by Crippen LogP contribution is 2.29. The molecule has 0 saturated carbocycles. The Morgan fingerprint density at radius 1 is 1.10 bits per heavy atom.